The molecule has 0 aliphatic carbocycles. The third-order valence-electron chi connectivity index (χ3n) is 4.45. The molecule has 1 aromatic heterocycles. The van der Waals surface area contributed by atoms with Gasteiger partial charge in [-0.05, 0) is 47.0 Å². The van der Waals surface area contributed by atoms with Crippen molar-refractivity contribution < 1.29 is 9.18 Å². The van der Waals surface area contributed by atoms with E-state index in [9.17, 15) is 9.18 Å². The maximum absolute atomic E-state index is 13.1. The van der Waals surface area contributed by atoms with E-state index in [1.807, 2.05) is 18.2 Å². The van der Waals surface area contributed by atoms with Crippen molar-refractivity contribution in [2.24, 2.45) is 0 Å². The van der Waals surface area contributed by atoms with E-state index in [0.29, 0.717) is 24.5 Å². The minimum Gasteiger partial charge on any atom is -0.397 e. The van der Waals surface area contributed by atoms with Gasteiger partial charge in [-0.1, -0.05) is 24.3 Å². The molecule has 6 heteroatoms. The second-order valence-electron chi connectivity index (χ2n) is 6.20. The van der Waals surface area contributed by atoms with Crippen LogP contribution in [-0.2, 0) is 13.1 Å². The van der Waals surface area contributed by atoms with Gasteiger partial charge in [0.25, 0.3) is 0 Å². The molecular weight excluding hydrogens is 331 g/mol. The first-order valence-corrected chi connectivity index (χ1v) is 8.24. The van der Waals surface area contributed by atoms with Gasteiger partial charge in [0.15, 0.2) is 0 Å². The maximum atomic E-state index is 13.1. The summed E-state index contributed by atoms with van der Waals surface area (Å²) in [6, 6.07) is 15.2. The van der Waals surface area contributed by atoms with Crippen LogP contribution in [0, 0.1) is 5.82 Å². The standard InChI is InChI=1S/C20H17FN4O/c21-16-6-3-13(4-7-16)14-5-8-17(22)18(10-14)24-20(26)25-11-15-2-1-9-23-19(15)12-25/h1-10H,11-12,22H2,(H,24,26). The van der Waals surface area contributed by atoms with Crippen LogP contribution in [0.25, 0.3) is 11.1 Å². The fraction of sp³-hybridized carbons (Fsp3) is 0.100. The number of fused-ring (bicyclic) bond motifs is 1. The topological polar surface area (TPSA) is 71.2 Å². The van der Waals surface area contributed by atoms with Crippen molar-refractivity contribution in [2.45, 2.75) is 13.1 Å². The van der Waals surface area contributed by atoms with Crippen molar-refractivity contribution in [3.8, 4) is 11.1 Å². The lowest BCUT2D eigenvalue weighted by Gasteiger charge is -2.17. The minimum absolute atomic E-state index is 0.231. The highest BCUT2D eigenvalue weighted by Crippen LogP contribution is 2.28. The molecule has 2 amide bonds. The molecule has 5 nitrogen and oxygen atoms in total. The summed E-state index contributed by atoms with van der Waals surface area (Å²) in [5, 5.41) is 2.87. The van der Waals surface area contributed by atoms with Gasteiger partial charge in [0, 0.05) is 12.7 Å². The molecular formula is C20H17FN4O. The Kier molecular flexibility index (Phi) is 4.01. The predicted octanol–water partition coefficient (Wildman–Crippen LogP) is 4.02. The summed E-state index contributed by atoms with van der Waals surface area (Å²) < 4.78 is 13.1. The fourth-order valence-corrected chi connectivity index (χ4v) is 3.02. The SMILES string of the molecule is Nc1ccc(-c2ccc(F)cc2)cc1NC(=O)N1Cc2cccnc2C1. The van der Waals surface area contributed by atoms with Crippen LogP contribution in [0.15, 0.2) is 60.8 Å². The number of benzene rings is 2. The van der Waals surface area contributed by atoms with Crippen LogP contribution >= 0.6 is 0 Å². The molecule has 4 rings (SSSR count). The zero-order valence-corrected chi connectivity index (χ0v) is 13.9. The average Bonchev–Trinajstić information content (AvgIpc) is 3.09. The third kappa shape index (κ3) is 3.09. The monoisotopic (exact) mass is 348 g/mol. The van der Waals surface area contributed by atoms with Crippen LogP contribution in [0.1, 0.15) is 11.3 Å². The van der Waals surface area contributed by atoms with Crippen LogP contribution in [0.5, 0.6) is 0 Å². The van der Waals surface area contributed by atoms with Gasteiger partial charge >= 0.3 is 6.03 Å². The van der Waals surface area contributed by atoms with E-state index >= 15 is 0 Å². The van der Waals surface area contributed by atoms with Crippen LogP contribution < -0.4 is 11.1 Å². The van der Waals surface area contributed by atoms with Crippen molar-refractivity contribution in [1.82, 2.24) is 9.88 Å². The van der Waals surface area contributed by atoms with Gasteiger partial charge in [0.05, 0.1) is 23.6 Å². The molecule has 0 saturated carbocycles. The van der Waals surface area contributed by atoms with Gasteiger partial charge in [0.2, 0.25) is 0 Å². The summed E-state index contributed by atoms with van der Waals surface area (Å²) in [6.45, 7) is 0.992. The summed E-state index contributed by atoms with van der Waals surface area (Å²) in [4.78, 5) is 18.6. The Morgan fingerprint density at radius 3 is 2.62 bits per heavy atom. The molecule has 130 valence electrons. The zero-order valence-electron chi connectivity index (χ0n) is 13.9. The van der Waals surface area contributed by atoms with Gasteiger partial charge < -0.3 is 16.0 Å². The normalized spacial score (nSPS) is 12.7. The Morgan fingerprint density at radius 2 is 1.85 bits per heavy atom. The number of nitrogens with two attached hydrogens (primary N) is 1. The number of nitrogens with one attached hydrogen (secondary N) is 1. The first-order valence-electron chi connectivity index (χ1n) is 8.24. The Labute approximate surface area is 150 Å². The molecule has 2 aromatic carbocycles. The van der Waals surface area contributed by atoms with Crippen molar-refractivity contribution in [3.05, 3.63) is 77.9 Å². The van der Waals surface area contributed by atoms with Crippen molar-refractivity contribution in [2.75, 3.05) is 11.1 Å². The highest BCUT2D eigenvalue weighted by molar-refractivity contribution is 5.94. The van der Waals surface area contributed by atoms with Crippen LogP contribution in [-0.4, -0.2) is 15.9 Å². The number of carbonyl (C=O) groups is 1. The number of hydrogen-bond acceptors (Lipinski definition) is 3. The Balaban J connectivity index is 1.54. The molecule has 2 heterocycles. The molecule has 0 saturated heterocycles. The molecule has 1 aliphatic rings. The number of anilines is 2. The van der Waals surface area contributed by atoms with Gasteiger partial charge in [-0.15, -0.1) is 0 Å². The number of pyridine rings is 1. The summed E-state index contributed by atoms with van der Waals surface area (Å²) in [5.41, 5.74) is 10.7. The largest absolute Gasteiger partial charge is 0.397 e. The third-order valence-corrected chi connectivity index (χ3v) is 4.45. The van der Waals surface area contributed by atoms with E-state index in [0.717, 1.165) is 22.4 Å². The number of nitrogens with zero attached hydrogens (tertiary/aromatic N) is 2. The second-order valence-corrected chi connectivity index (χ2v) is 6.20. The van der Waals surface area contributed by atoms with Crippen LogP contribution in [0.4, 0.5) is 20.6 Å². The fourth-order valence-electron chi connectivity index (χ4n) is 3.02. The van der Waals surface area contributed by atoms with E-state index in [1.54, 1.807) is 35.4 Å². The number of rotatable bonds is 2. The molecule has 3 N–H and O–H groups in total. The van der Waals surface area contributed by atoms with E-state index < -0.39 is 0 Å². The molecule has 0 unspecified atom stereocenters. The van der Waals surface area contributed by atoms with Crippen molar-refractivity contribution in [3.63, 3.8) is 0 Å². The second kappa shape index (κ2) is 6.48. The lowest BCUT2D eigenvalue weighted by molar-refractivity contribution is 0.212. The quantitative estimate of drug-likeness (QED) is 0.687. The smallest absolute Gasteiger partial charge is 0.322 e. The number of urea groups is 1. The maximum Gasteiger partial charge on any atom is 0.322 e. The number of amides is 2. The van der Waals surface area contributed by atoms with Crippen molar-refractivity contribution >= 4 is 17.4 Å². The van der Waals surface area contributed by atoms with E-state index in [1.165, 1.54) is 12.1 Å². The molecule has 26 heavy (non-hydrogen) atoms. The highest BCUT2D eigenvalue weighted by Gasteiger charge is 2.24. The van der Waals surface area contributed by atoms with Gasteiger partial charge in [0.1, 0.15) is 5.82 Å². The van der Waals surface area contributed by atoms with Crippen molar-refractivity contribution in [1.29, 1.82) is 0 Å². The predicted molar refractivity (Wildman–Crippen MR) is 98.8 cm³/mol. The van der Waals surface area contributed by atoms with Gasteiger partial charge in [-0.25, -0.2) is 9.18 Å². The number of carbonyl (C=O) groups excluding carboxylic acids is 1. The average molecular weight is 348 g/mol. The molecule has 1 aliphatic heterocycles. The van der Waals surface area contributed by atoms with E-state index in [2.05, 4.69) is 10.3 Å². The first kappa shape index (κ1) is 16.1. The number of hydrogen-bond donors (Lipinski definition) is 2. The number of nitrogen functional groups attached to an aromatic ring is 1. The lowest BCUT2D eigenvalue weighted by Crippen LogP contribution is -2.30. The molecule has 0 atom stereocenters. The molecule has 0 fully saturated rings. The molecule has 3 aromatic rings. The molecule has 0 radical (unpaired) electrons. The van der Waals surface area contributed by atoms with Crippen LogP contribution in [0.3, 0.4) is 0 Å². The number of aromatic nitrogens is 1. The highest BCUT2D eigenvalue weighted by atomic mass is 19.1. The molecule has 0 bridgehead atoms. The molecule has 0 spiro atoms. The Hall–Kier alpha value is -3.41. The van der Waals surface area contributed by atoms with E-state index in [4.69, 9.17) is 5.73 Å². The number of halogens is 1. The van der Waals surface area contributed by atoms with E-state index in [-0.39, 0.29) is 11.8 Å². The Morgan fingerprint density at radius 1 is 1.08 bits per heavy atom. The Bertz CT molecular complexity index is 947. The minimum atomic E-state index is -0.292. The summed E-state index contributed by atoms with van der Waals surface area (Å²) >= 11 is 0. The summed E-state index contributed by atoms with van der Waals surface area (Å²) in [7, 11) is 0. The lowest BCUT2D eigenvalue weighted by atomic mass is 10.0. The summed E-state index contributed by atoms with van der Waals surface area (Å²) in [5.74, 6) is -0.292. The van der Waals surface area contributed by atoms with Crippen LogP contribution in [0.2, 0.25) is 0 Å². The zero-order chi connectivity index (χ0) is 18.1. The first-order chi connectivity index (χ1) is 12.6. The van der Waals surface area contributed by atoms with Gasteiger partial charge in [-0.2, -0.15) is 0 Å². The van der Waals surface area contributed by atoms with Gasteiger partial charge in [-0.3, -0.25) is 4.98 Å². The summed E-state index contributed by atoms with van der Waals surface area (Å²) in [6.07, 6.45) is 1.73.